The Morgan fingerprint density at radius 3 is 2.57 bits per heavy atom. The smallest absolute Gasteiger partial charge is 0.0590 e. The zero-order valence-electron chi connectivity index (χ0n) is 8.42. The second kappa shape index (κ2) is 6.98. The Bertz CT molecular complexity index is 248. The second-order valence-electron chi connectivity index (χ2n) is 3.09. The summed E-state index contributed by atoms with van der Waals surface area (Å²) in [7, 11) is 1.93. The first-order chi connectivity index (χ1) is 6.83. The van der Waals surface area contributed by atoms with Gasteiger partial charge in [0.2, 0.25) is 0 Å². The van der Waals surface area contributed by atoms with Gasteiger partial charge in [0.25, 0.3) is 0 Å². The molecule has 0 atom stereocenters. The molecule has 0 aromatic heterocycles. The number of hydrogen-bond acceptors (Lipinski definition) is 2. The molecule has 0 unspecified atom stereocenters. The molecule has 0 spiro atoms. The monoisotopic (exact) mass is 257 g/mol. The van der Waals surface area contributed by atoms with Gasteiger partial charge in [-0.1, -0.05) is 28.1 Å². The number of likely N-dealkylation sites (N-methyl/N-ethyl adjacent to an activating group) is 1. The molecule has 0 bridgehead atoms. The maximum Gasteiger partial charge on any atom is 0.0590 e. The molecule has 2 nitrogen and oxygen atoms in total. The van der Waals surface area contributed by atoms with Crippen LogP contribution in [0.4, 0.5) is 0 Å². The number of ether oxygens (including phenoxy) is 1. The van der Waals surface area contributed by atoms with Crippen molar-refractivity contribution in [2.24, 2.45) is 0 Å². The van der Waals surface area contributed by atoms with Crippen LogP contribution in [0.25, 0.3) is 0 Å². The van der Waals surface area contributed by atoms with Gasteiger partial charge in [-0.15, -0.1) is 0 Å². The zero-order chi connectivity index (χ0) is 10.2. The van der Waals surface area contributed by atoms with E-state index in [1.54, 1.807) is 0 Å². The highest BCUT2D eigenvalue weighted by Crippen LogP contribution is 2.10. The Labute approximate surface area is 93.8 Å². The van der Waals surface area contributed by atoms with E-state index >= 15 is 0 Å². The van der Waals surface area contributed by atoms with Crippen LogP contribution in [0.1, 0.15) is 5.56 Å². The summed E-state index contributed by atoms with van der Waals surface area (Å²) in [6.07, 6.45) is 0.983. The Morgan fingerprint density at radius 1 is 1.21 bits per heavy atom. The summed E-state index contributed by atoms with van der Waals surface area (Å²) < 4.78 is 6.56. The summed E-state index contributed by atoms with van der Waals surface area (Å²) in [5.74, 6) is 0. The Morgan fingerprint density at radius 2 is 1.93 bits per heavy atom. The quantitative estimate of drug-likeness (QED) is 0.790. The molecule has 3 heteroatoms. The normalized spacial score (nSPS) is 10.4. The van der Waals surface area contributed by atoms with Crippen molar-refractivity contribution in [3.8, 4) is 0 Å². The van der Waals surface area contributed by atoms with Gasteiger partial charge in [-0.25, -0.2) is 0 Å². The number of benzene rings is 1. The highest BCUT2D eigenvalue weighted by atomic mass is 79.9. The average molecular weight is 258 g/mol. The van der Waals surface area contributed by atoms with Crippen LogP contribution < -0.4 is 5.32 Å². The third-order valence-electron chi connectivity index (χ3n) is 1.94. The molecule has 1 aromatic rings. The van der Waals surface area contributed by atoms with Gasteiger partial charge in [-0.05, 0) is 31.2 Å². The van der Waals surface area contributed by atoms with Crippen LogP contribution in [-0.4, -0.2) is 26.8 Å². The van der Waals surface area contributed by atoms with Crippen LogP contribution in [0.5, 0.6) is 0 Å². The predicted octanol–water partition coefficient (Wildman–Crippen LogP) is 2.23. The zero-order valence-corrected chi connectivity index (χ0v) is 10.0. The lowest BCUT2D eigenvalue weighted by Gasteiger charge is -2.03. The lowest BCUT2D eigenvalue weighted by atomic mass is 10.2. The van der Waals surface area contributed by atoms with Gasteiger partial charge in [0, 0.05) is 11.0 Å². The van der Waals surface area contributed by atoms with Crippen molar-refractivity contribution in [3.05, 3.63) is 34.3 Å². The molecule has 0 amide bonds. The lowest BCUT2D eigenvalue weighted by Crippen LogP contribution is -2.15. The fourth-order valence-electron chi connectivity index (χ4n) is 1.12. The highest BCUT2D eigenvalue weighted by molar-refractivity contribution is 9.10. The van der Waals surface area contributed by atoms with E-state index in [4.69, 9.17) is 4.74 Å². The molecule has 0 aliphatic heterocycles. The lowest BCUT2D eigenvalue weighted by molar-refractivity contribution is 0.140. The topological polar surface area (TPSA) is 21.3 Å². The number of halogens is 1. The van der Waals surface area contributed by atoms with Gasteiger partial charge in [-0.2, -0.15) is 0 Å². The minimum atomic E-state index is 0.785. The molecule has 1 N–H and O–H groups in total. The van der Waals surface area contributed by atoms with E-state index in [0.717, 1.165) is 30.7 Å². The molecule has 0 fully saturated rings. The molecule has 0 saturated carbocycles. The van der Waals surface area contributed by atoms with E-state index < -0.39 is 0 Å². The van der Waals surface area contributed by atoms with Crippen molar-refractivity contribution in [3.63, 3.8) is 0 Å². The van der Waals surface area contributed by atoms with E-state index in [1.165, 1.54) is 5.56 Å². The Kier molecular flexibility index (Phi) is 5.83. The van der Waals surface area contributed by atoms with Crippen molar-refractivity contribution in [1.29, 1.82) is 0 Å². The molecule has 0 saturated heterocycles. The molecule has 0 heterocycles. The third kappa shape index (κ3) is 4.74. The van der Waals surface area contributed by atoms with Crippen molar-refractivity contribution < 1.29 is 4.74 Å². The van der Waals surface area contributed by atoms with Crippen molar-refractivity contribution in [2.75, 3.05) is 26.8 Å². The second-order valence-corrected chi connectivity index (χ2v) is 4.01. The maximum atomic E-state index is 5.43. The highest BCUT2D eigenvalue weighted by Gasteiger charge is 1.93. The van der Waals surface area contributed by atoms with Gasteiger partial charge in [0.15, 0.2) is 0 Å². The molecule has 1 aromatic carbocycles. The first kappa shape index (κ1) is 11.7. The summed E-state index contributed by atoms with van der Waals surface area (Å²) in [4.78, 5) is 0. The SMILES string of the molecule is CNCCOCCc1ccc(Br)cc1. The molecule has 14 heavy (non-hydrogen) atoms. The van der Waals surface area contributed by atoms with Crippen molar-refractivity contribution in [1.82, 2.24) is 5.32 Å². The fraction of sp³-hybridized carbons (Fsp3) is 0.455. The summed E-state index contributed by atoms with van der Waals surface area (Å²) in [5.41, 5.74) is 1.32. The fourth-order valence-corrected chi connectivity index (χ4v) is 1.38. The molecule has 78 valence electrons. The van der Waals surface area contributed by atoms with Crippen LogP contribution >= 0.6 is 15.9 Å². The van der Waals surface area contributed by atoms with E-state index in [1.807, 2.05) is 7.05 Å². The van der Waals surface area contributed by atoms with Gasteiger partial charge in [-0.3, -0.25) is 0 Å². The number of hydrogen-bond donors (Lipinski definition) is 1. The molecule has 1 rings (SSSR count). The van der Waals surface area contributed by atoms with Crippen LogP contribution in [-0.2, 0) is 11.2 Å². The Balaban J connectivity index is 2.15. The summed E-state index contributed by atoms with van der Waals surface area (Å²) in [5, 5.41) is 3.04. The van der Waals surface area contributed by atoms with E-state index in [0.29, 0.717) is 0 Å². The molecule has 0 radical (unpaired) electrons. The standard InChI is InChI=1S/C11H16BrNO/c1-13-7-9-14-8-6-10-2-4-11(12)5-3-10/h2-5,13H,6-9H2,1H3. The van der Waals surface area contributed by atoms with E-state index in [9.17, 15) is 0 Å². The number of nitrogens with one attached hydrogen (secondary N) is 1. The average Bonchev–Trinajstić information content (AvgIpc) is 2.21. The molecular formula is C11H16BrNO. The summed E-state index contributed by atoms with van der Waals surface area (Å²) in [6.45, 7) is 2.50. The van der Waals surface area contributed by atoms with E-state index in [-0.39, 0.29) is 0 Å². The summed E-state index contributed by atoms with van der Waals surface area (Å²) >= 11 is 3.41. The molecule has 0 aliphatic carbocycles. The predicted molar refractivity (Wildman–Crippen MR) is 62.6 cm³/mol. The third-order valence-corrected chi connectivity index (χ3v) is 2.47. The number of rotatable bonds is 6. The van der Waals surface area contributed by atoms with E-state index in [2.05, 4.69) is 45.5 Å². The van der Waals surface area contributed by atoms with Crippen LogP contribution in [0, 0.1) is 0 Å². The van der Waals surface area contributed by atoms with Gasteiger partial charge in [0.05, 0.1) is 13.2 Å². The maximum absolute atomic E-state index is 5.43. The molecule has 0 aliphatic rings. The van der Waals surface area contributed by atoms with Gasteiger partial charge < -0.3 is 10.1 Å². The molecular weight excluding hydrogens is 242 g/mol. The Hall–Kier alpha value is -0.380. The minimum Gasteiger partial charge on any atom is -0.380 e. The van der Waals surface area contributed by atoms with Gasteiger partial charge >= 0.3 is 0 Å². The van der Waals surface area contributed by atoms with Crippen molar-refractivity contribution >= 4 is 15.9 Å². The largest absolute Gasteiger partial charge is 0.380 e. The van der Waals surface area contributed by atoms with Crippen LogP contribution in [0.2, 0.25) is 0 Å². The van der Waals surface area contributed by atoms with Crippen molar-refractivity contribution in [2.45, 2.75) is 6.42 Å². The van der Waals surface area contributed by atoms with Crippen LogP contribution in [0.15, 0.2) is 28.7 Å². The first-order valence-corrected chi connectivity index (χ1v) is 5.59. The minimum absolute atomic E-state index is 0.785. The summed E-state index contributed by atoms with van der Waals surface area (Å²) in [6, 6.07) is 8.35. The van der Waals surface area contributed by atoms with Crippen LogP contribution in [0.3, 0.4) is 0 Å². The van der Waals surface area contributed by atoms with Gasteiger partial charge in [0.1, 0.15) is 0 Å². The first-order valence-electron chi connectivity index (χ1n) is 4.79.